The molecule has 1 saturated heterocycles. The number of benzene rings is 1. The van der Waals surface area contributed by atoms with Crippen LogP contribution in [0, 0.1) is 0 Å². The molecule has 0 aliphatic carbocycles. The second-order valence-electron chi connectivity index (χ2n) is 5.15. The summed E-state index contributed by atoms with van der Waals surface area (Å²) in [6.07, 6.45) is 1.61. The van der Waals surface area contributed by atoms with Gasteiger partial charge in [0, 0.05) is 6.20 Å². The molecule has 1 fully saturated rings. The maximum absolute atomic E-state index is 12.6. The fraction of sp³-hybridized carbons (Fsp3) is 0.188. The van der Waals surface area contributed by atoms with Crippen LogP contribution < -0.4 is 5.32 Å². The Kier molecular flexibility index (Phi) is 3.17. The number of hydrogen-bond acceptors (Lipinski definition) is 3. The van der Waals surface area contributed by atoms with Gasteiger partial charge in [-0.1, -0.05) is 36.4 Å². The topological polar surface area (TPSA) is 62.3 Å². The minimum atomic E-state index is -1.10. The maximum Gasteiger partial charge on any atom is 0.325 e. The van der Waals surface area contributed by atoms with Crippen molar-refractivity contribution in [2.45, 2.75) is 19.0 Å². The molecule has 0 radical (unpaired) electrons. The summed E-state index contributed by atoms with van der Waals surface area (Å²) in [5, 5.41) is 2.74. The number of imide groups is 1. The van der Waals surface area contributed by atoms with Crippen LogP contribution in [0.5, 0.6) is 0 Å². The van der Waals surface area contributed by atoms with E-state index in [1.54, 1.807) is 31.3 Å². The molecule has 1 aliphatic heterocycles. The molecule has 1 N–H and O–H groups in total. The second kappa shape index (κ2) is 5.01. The van der Waals surface area contributed by atoms with Crippen LogP contribution in [0.25, 0.3) is 0 Å². The van der Waals surface area contributed by atoms with Crippen LogP contribution in [-0.2, 0) is 16.9 Å². The molecule has 1 aliphatic rings. The molecule has 0 unspecified atom stereocenters. The van der Waals surface area contributed by atoms with Crippen molar-refractivity contribution in [2.75, 3.05) is 0 Å². The largest absolute Gasteiger partial charge is 0.325 e. The van der Waals surface area contributed by atoms with Crippen molar-refractivity contribution < 1.29 is 9.59 Å². The van der Waals surface area contributed by atoms with Gasteiger partial charge < -0.3 is 5.32 Å². The summed E-state index contributed by atoms with van der Waals surface area (Å²) in [7, 11) is 0. The van der Waals surface area contributed by atoms with Crippen molar-refractivity contribution in [1.29, 1.82) is 0 Å². The first-order chi connectivity index (χ1) is 10.1. The Hall–Kier alpha value is -2.69. The Labute approximate surface area is 122 Å². The van der Waals surface area contributed by atoms with Crippen LogP contribution in [0.1, 0.15) is 18.2 Å². The highest BCUT2D eigenvalue weighted by Gasteiger charge is 2.49. The highest BCUT2D eigenvalue weighted by molar-refractivity contribution is 6.06. The fourth-order valence-electron chi connectivity index (χ4n) is 2.44. The number of nitrogens with one attached hydrogen (secondary N) is 1. The van der Waals surface area contributed by atoms with Gasteiger partial charge in [0.1, 0.15) is 0 Å². The van der Waals surface area contributed by atoms with E-state index in [-0.39, 0.29) is 12.5 Å². The third-order valence-corrected chi connectivity index (χ3v) is 3.64. The normalized spacial score (nSPS) is 21.5. The van der Waals surface area contributed by atoms with Crippen LogP contribution in [0.15, 0.2) is 54.7 Å². The van der Waals surface area contributed by atoms with Crippen molar-refractivity contribution in [3.8, 4) is 0 Å². The number of carbonyl (C=O) groups is 2. The molecule has 3 rings (SSSR count). The lowest BCUT2D eigenvalue weighted by molar-refractivity contribution is -0.131. The molecule has 21 heavy (non-hydrogen) atoms. The fourth-order valence-corrected chi connectivity index (χ4v) is 2.44. The average Bonchev–Trinajstić information content (AvgIpc) is 2.74. The zero-order valence-corrected chi connectivity index (χ0v) is 11.6. The first kappa shape index (κ1) is 13.3. The van der Waals surface area contributed by atoms with Crippen LogP contribution in [0.3, 0.4) is 0 Å². The standard InChI is InChI=1S/C16H15N3O2/c1-16(13-9-5-6-10-17-13)14(20)19(15(21)18-16)11-12-7-3-2-4-8-12/h2-10H,11H2,1H3,(H,18,21)/t16-/m0/s1. The van der Waals surface area contributed by atoms with Gasteiger partial charge in [-0.25, -0.2) is 4.79 Å². The lowest BCUT2D eigenvalue weighted by Gasteiger charge is -2.20. The minimum Gasteiger partial charge on any atom is -0.318 e. The van der Waals surface area contributed by atoms with Crippen molar-refractivity contribution >= 4 is 11.9 Å². The van der Waals surface area contributed by atoms with Gasteiger partial charge in [-0.15, -0.1) is 0 Å². The van der Waals surface area contributed by atoms with Crippen LogP contribution in [0.4, 0.5) is 4.79 Å². The third kappa shape index (κ3) is 2.27. The number of hydrogen-bond donors (Lipinski definition) is 1. The molecular formula is C16H15N3O2. The van der Waals surface area contributed by atoms with Gasteiger partial charge in [0.05, 0.1) is 12.2 Å². The summed E-state index contributed by atoms with van der Waals surface area (Å²) in [5.41, 5.74) is 0.345. The number of amides is 3. The van der Waals surface area contributed by atoms with E-state index in [0.717, 1.165) is 5.56 Å². The number of carbonyl (C=O) groups excluding carboxylic acids is 2. The highest BCUT2D eigenvalue weighted by Crippen LogP contribution is 2.28. The van der Waals surface area contributed by atoms with E-state index in [2.05, 4.69) is 10.3 Å². The zero-order chi connectivity index (χ0) is 14.9. The van der Waals surface area contributed by atoms with E-state index >= 15 is 0 Å². The number of rotatable bonds is 3. The molecule has 0 spiro atoms. The van der Waals surface area contributed by atoms with Crippen LogP contribution in [0.2, 0.25) is 0 Å². The van der Waals surface area contributed by atoms with E-state index < -0.39 is 11.6 Å². The first-order valence-electron chi connectivity index (χ1n) is 6.71. The number of aromatic nitrogens is 1. The quantitative estimate of drug-likeness (QED) is 0.876. The molecule has 1 aromatic heterocycles. The van der Waals surface area contributed by atoms with Crippen molar-refractivity contribution in [2.24, 2.45) is 0 Å². The lowest BCUT2D eigenvalue weighted by Crippen LogP contribution is -2.41. The smallest absolute Gasteiger partial charge is 0.318 e. The van der Waals surface area contributed by atoms with Gasteiger partial charge in [-0.3, -0.25) is 14.7 Å². The highest BCUT2D eigenvalue weighted by atomic mass is 16.2. The van der Waals surface area contributed by atoms with E-state index in [9.17, 15) is 9.59 Å². The summed E-state index contributed by atoms with van der Waals surface area (Å²) < 4.78 is 0. The third-order valence-electron chi connectivity index (χ3n) is 3.64. The monoisotopic (exact) mass is 281 g/mol. The van der Waals surface area contributed by atoms with Crippen molar-refractivity contribution in [3.05, 3.63) is 66.0 Å². The van der Waals surface area contributed by atoms with Gasteiger partial charge in [0.2, 0.25) is 0 Å². The Balaban J connectivity index is 1.89. The molecule has 106 valence electrons. The van der Waals surface area contributed by atoms with Crippen molar-refractivity contribution in [1.82, 2.24) is 15.2 Å². The maximum atomic E-state index is 12.6. The van der Waals surface area contributed by atoms with Gasteiger partial charge in [-0.05, 0) is 24.6 Å². The van der Waals surface area contributed by atoms with Gasteiger partial charge in [0.25, 0.3) is 5.91 Å². The molecule has 2 heterocycles. The Morgan fingerprint density at radius 2 is 1.81 bits per heavy atom. The predicted molar refractivity (Wildman–Crippen MR) is 77.1 cm³/mol. The summed E-state index contributed by atoms with van der Waals surface area (Å²) in [6.45, 7) is 1.94. The molecule has 3 amide bonds. The van der Waals surface area contributed by atoms with Crippen LogP contribution in [-0.4, -0.2) is 21.8 Å². The molecule has 0 saturated carbocycles. The first-order valence-corrected chi connectivity index (χ1v) is 6.71. The minimum absolute atomic E-state index is 0.258. The number of urea groups is 1. The molecule has 5 heteroatoms. The van der Waals surface area contributed by atoms with E-state index in [0.29, 0.717) is 5.69 Å². The van der Waals surface area contributed by atoms with Crippen molar-refractivity contribution in [3.63, 3.8) is 0 Å². The predicted octanol–water partition coefficient (Wildman–Crippen LogP) is 2.05. The molecule has 5 nitrogen and oxygen atoms in total. The Morgan fingerprint density at radius 3 is 2.48 bits per heavy atom. The van der Waals surface area contributed by atoms with Gasteiger partial charge >= 0.3 is 6.03 Å². The molecule has 1 aromatic carbocycles. The van der Waals surface area contributed by atoms with Crippen LogP contribution >= 0.6 is 0 Å². The van der Waals surface area contributed by atoms with Gasteiger partial charge in [-0.2, -0.15) is 0 Å². The van der Waals surface area contributed by atoms with E-state index in [4.69, 9.17) is 0 Å². The summed E-state index contributed by atoms with van der Waals surface area (Å²) in [4.78, 5) is 30.2. The molecule has 2 aromatic rings. The van der Waals surface area contributed by atoms with E-state index in [1.807, 2.05) is 30.3 Å². The summed E-state index contributed by atoms with van der Waals surface area (Å²) >= 11 is 0. The average molecular weight is 281 g/mol. The summed E-state index contributed by atoms with van der Waals surface area (Å²) in [5.74, 6) is -0.282. The second-order valence-corrected chi connectivity index (χ2v) is 5.15. The molecule has 0 bridgehead atoms. The lowest BCUT2D eigenvalue weighted by atomic mass is 9.97. The Bertz CT molecular complexity index is 672. The molecule has 1 atom stereocenters. The van der Waals surface area contributed by atoms with Gasteiger partial charge in [0.15, 0.2) is 5.54 Å². The van der Waals surface area contributed by atoms with E-state index in [1.165, 1.54) is 4.90 Å². The number of nitrogens with zero attached hydrogens (tertiary/aromatic N) is 2. The Morgan fingerprint density at radius 1 is 1.10 bits per heavy atom. The summed E-state index contributed by atoms with van der Waals surface area (Å²) in [6, 6.07) is 14.4. The SMILES string of the molecule is C[C@@]1(c2ccccn2)NC(=O)N(Cc2ccccc2)C1=O. The molecular weight excluding hydrogens is 266 g/mol. The zero-order valence-electron chi connectivity index (χ0n) is 11.6. The number of pyridine rings is 1.